The third-order valence-electron chi connectivity index (χ3n) is 3.82. The van der Waals surface area contributed by atoms with Crippen LogP contribution in [0.2, 0.25) is 0 Å². The summed E-state index contributed by atoms with van der Waals surface area (Å²) in [5, 5.41) is 7.07. The number of nitrogens with one attached hydrogen (secondary N) is 1. The first kappa shape index (κ1) is 12.9. The van der Waals surface area contributed by atoms with Crippen LogP contribution in [0.3, 0.4) is 0 Å². The van der Waals surface area contributed by atoms with E-state index in [1.165, 1.54) is 30.1 Å². The third kappa shape index (κ3) is 2.83. The Labute approximate surface area is 108 Å². The number of hydrogen-bond acceptors (Lipinski definition) is 3. The van der Waals surface area contributed by atoms with Crippen LogP contribution >= 0.6 is 0 Å². The molecule has 2 rings (SSSR count). The summed E-state index contributed by atoms with van der Waals surface area (Å²) in [5.74, 6) is 1.10. The zero-order chi connectivity index (χ0) is 13.1. The molecule has 1 aromatic heterocycles. The molecule has 0 spiro atoms. The van der Waals surface area contributed by atoms with Gasteiger partial charge in [0.2, 0.25) is 0 Å². The Morgan fingerprint density at radius 1 is 1.44 bits per heavy atom. The molecule has 3 N–H and O–H groups in total. The molecule has 1 aliphatic rings. The van der Waals surface area contributed by atoms with Crippen LogP contribution in [0.25, 0.3) is 0 Å². The van der Waals surface area contributed by atoms with Crippen molar-refractivity contribution in [1.82, 2.24) is 15.1 Å². The highest BCUT2D eigenvalue weighted by Gasteiger charge is 2.20. The third-order valence-corrected chi connectivity index (χ3v) is 3.82. The van der Waals surface area contributed by atoms with E-state index in [0.29, 0.717) is 11.4 Å². The number of hydrogen-bond donors (Lipinski definition) is 2. The van der Waals surface area contributed by atoms with Gasteiger partial charge < -0.3 is 11.1 Å². The first-order valence-electron chi connectivity index (χ1n) is 6.66. The number of nitrogen functional groups attached to an aromatic ring is 1. The number of anilines is 1. The molecule has 1 saturated carbocycles. The molecule has 5 heteroatoms. The molecular formula is C13H22N4O. The monoisotopic (exact) mass is 250 g/mol. The van der Waals surface area contributed by atoms with Gasteiger partial charge in [0.25, 0.3) is 5.91 Å². The van der Waals surface area contributed by atoms with E-state index in [-0.39, 0.29) is 11.9 Å². The number of aromatic nitrogens is 2. The lowest BCUT2D eigenvalue weighted by Crippen LogP contribution is -2.34. The Morgan fingerprint density at radius 2 is 2.22 bits per heavy atom. The van der Waals surface area contributed by atoms with Crippen LogP contribution in [0, 0.1) is 5.92 Å². The summed E-state index contributed by atoms with van der Waals surface area (Å²) in [6.45, 7) is 2.28. The van der Waals surface area contributed by atoms with Gasteiger partial charge in [-0.3, -0.25) is 9.48 Å². The summed E-state index contributed by atoms with van der Waals surface area (Å²) in [7, 11) is 1.74. The van der Waals surface area contributed by atoms with E-state index in [0.717, 1.165) is 18.8 Å². The standard InChI is InChI=1S/C13H22N4O/c1-9-4-3-5-10(7-6-9)16-13(18)11-8-15-17(2)12(11)14/h8-10H,3-7,14H2,1-2H3,(H,16,18). The molecule has 1 fully saturated rings. The molecule has 18 heavy (non-hydrogen) atoms. The van der Waals surface area contributed by atoms with Crippen molar-refractivity contribution in [3.63, 3.8) is 0 Å². The molecule has 2 atom stereocenters. The van der Waals surface area contributed by atoms with Gasteiger partial charge in [0.15, 0.2) is 0 Å². The maximum atomic E-state index is 12.1. The Morgan fingerprint density at radius 3 is 2.89 bits per heavy atom. The quantitative estimate of drug-likeness (QED) is 0.785. The van der Waals surface area contributed by atoms with Crippen molar-refractivity contribution in [3.05, 3.63) is 11.8 Å². The average Bonchev–Trinajstić information content (AvgIpc) is 2.54. The molecule has 1 amide bonds. The number of amides is 1. The van der Waals surface area contributed by atoms with E-state index >= 15 is 0 Å². The van der Waals surface area contributed by atoms with E-state index in [9.17, 15) is 4.79 Å². The second kappa shape index (κ2) is 5.42. The Balaban J connectivity index is 1.97. The normalized spacial score (nSPS) is 24.6. The van der Waals surface area contributed by atoms with Crippen molar-refractivity contribution in [2.45, 2.75) is 45.1 Å². The maximum absolute atomic E-state index is 12.1. The lowest BCUT2D eigenvalue weighted by Gasteiger charge is -2.16. The molecular weight excluding hydrogens is 228 g/mol. The first-order valence-corrected chi connectivity index (χ1v) is 6.66. The van der Waals surface area contributed by atoms with E-state index in [2.05, 4.69) is 17.3 Å². The predicted molar refractivity (Wildman–Crippen MR) is 71.1 cm³/mol. The summed E-state index contributed by atoms with van der Waals surface area (Å²) < 4.78 is 1.52. The highest BCUT2D eigenvalue weighted by molar-refractivity contribution is 5.98. The minimum absolute atomic E-state index is 0.0971. The summed E-state index contributed by atoms with van der Waals surface area (Å²) in [6, 6.07) is 0.280. The summed E-state index contributed by atoms with van der Waals surface area (Å²) >= 11 is 0. The number of nitrogens with two attached hydrogens (primary N) is 1. The highest BCUT2D eigenvalue weighted by atomic mass is 16.1. The minimum Gasteiger partial charge on any atom is -0.383 e. The molecule has 0 radical (unpaired) electrons. The Bertz CT molecular complexity index is 427. The van der Waals surface area contributed by atoms with E-state index in [4.69, 9.17) is 5.73 Å². The van der Waals surface area contributed by atoms with Crippen molar-refractivity contribution in [3.8, 4) is 0 Å². The van der Waals surface area contributed by atoms with Gasteiger partial charge in [-0.05, 0) is 25.2 Å². The van der Waals surface area contributed by atoms with Crippen LogP contribution in [0.15, 0.2) is 6.20 Å². The summed E-state index contributed by atoms with van der Waals surface area (Å²) in [5.41, 5.74) is 6.28. The van der Waals surface area contributed by atoms with Crippen LogP contribution < -0.4 is 11.1 Å². The van der Waals surface area contributed by atoms with Gasteiger partial charge >= 0.3 is 0 Å². The van der Waals surface area contributed by atoms with Crippen molar-refractivity contribution in [2.24, 2.45) is 13.0 Å². The van der Waals surface area contributed by atoms with Crippen molar-refractivity contribution in [2.75, 3.05) is 5.73 Å². The minimum atomic E-state index is -0.0971. The molecule has 0 saturated heterocycles. The van der Waals surface area contributed by atoms with Crippen LogP contribution in [0.4, 0.5) is 5.82 Å². The lowest BCUT2D eigenvalue weighted by atomic mass is 10.0. The van der Waals surface area contributed by atoms with Crippen molar-refractivity contribution in [1.29, 1.82) is 0 Å². The fourth-order valence-electron chi connectivity index (χ4n) is 2.52. The lowest BCUT2D eigenvalue weighted by molar-refractivity contribution is 0.0934. The highest BCUT2D eigenvalue weighted by Crippen LogP contribution is 2.23. The number of aryl methyl sites for hydroxylation is 1. The molecule has 0 aliphatic heterocycles. The van der Waals surface area contributed by atoms with E-state index < -0.39 is 0 Å². The number of nitrogens with zero attached hydrogens (tertiary/aromatic N) is 2. The number of carbonyl (C=O) groups is 1. The molecule has 5 nitrogen and oxygen atoms in total. The fraction of sp³-hybridized carbons (Fsp3) is 0.692. The number of rotatable bonds is 2. The van der Waals surface area contributed by atoms with Gasteiger partial charge in [0.05, 0.1) is 6.20 Å². The fourth-order valence-corrected chi connectivity index (χ4v) is 2.52. The van der Waals surface area contributed by atoms with Gasteiger partial charge in [0.1, 0.15) is 11.4 Å². The number of carbonyl (C=O) groups excluding carboxylic acids is 1. The Kier molecular flexibility index (Phi) is 3.89. The van der Waals surface area contributed by atoms with Gasteiger partial charge in [-0.2, -0.15) is 5.10 Å². The van der Waals surface area contributed by atoms with Crippen LogP contribution in [-0.2, 0) is 7.05 Å². The van der Waals surface area contributed by atoms with Crippen LogP contribution in [-0.4, -0.2) is 21.7 Å². The maximum Gasteiger partial charge on any atom is 0.256 e. The molecule has 1 heterocycles. The molecule has 100 valence electrons. The van der Waals surface area contributed by atoms with Crippen LogP contribution in [0.1, 0.15) is 49.4 Å². The van der Waals surface area contributed by atoms with Gasteiger partial charge in [-0.15, -0.1) is 0 Å². The van der Waals surface area contributed by atoms with E-state index in [1.807, 2.05) is 0 Å². The first-order chi connectivity index (χ1) is 8.58. The van der Waals surface area contributed by atoms with Crippen molar-refractivity contribution < 1.29 is 4.79 Å². The van der Waals surface area contributed by atoms with Gasteiger partial charge in [0, 0.05) is 13.1 Å². The summed E-state index contributed by atoms with van der Waals surface area (Å²) in [6.07, 6.45) is 7.30. The Hall–Kier alpha value is -1.52. The van der Waals surface area contributed by atoms with Crippen molar-refractivity contribution >= 4 is 11.7 Å². The SMILES string of the molecule is CC1CCCC(NC(=O)c2cnn(C)c2N)CC1. The molecule has 0 aromatic carbocycles. The zero-order valence-corrected chi connectivity index (χ0v) is 11.1. The second-order valence-corrected chi connectivity index (χ2v) is 5.35. The molecule has 1 aromatic rings. The van der Waals surface area contributed by atoms with E-state index in [1.54, 1.807) is 7.05 Å². The second-order valence-electron chi connectivity index (χ2n) is 5.35. The van der Waals surface area contributed by atoms with Crippen LogP contribution in [0.5, 0.6) is 0 Å². The average molecular weight is 250 g/mol. The molecule has 1 aliphatic carbocycles. The molecule has 2 unspecified atom stereocenters. The zero-order valence-electron chi connectivity index (χ0n) is 11.1. The predicted octanol–water partition coefficient (Wildman–Crippen LogP) is 1.70. The summed E-state index contributed by atoms with van der Waals surface area (Å²) in [4.78, 5) is 12.1. The topological polar surface area (TPSA) is 72.9 Å². The largest absolute Gasteiger partial charge is 0.383 e. The molecule has 0 bridgehead atoms. The smallest absolute Gasteiger partial charge is 0.256 e. The van der Waals surface area contributed by atoms with Gasteiger partial charge in [-0.1, -0.05) is 19.8 Å². The van der Waals surface area contributed by atoms with Gasteiger partial charge in [-0.25, -0.2) is 0 Å².